The second-order valence-corrected chi connectivity index (χ2v) is 7.79. The van der Waals surface area contributed by atoms with E-state index in [2.05, 4.69) is 5.32 Å². The zero-order valence-corrected chi connectivity index (χ0v) is 16.7. The molecule has 0 saturated heterocycles. The van der Waals surface area contributed by atoms with Gasteiger partial charge >= 0.3 is 5.97 Å². The molecule has 6 nitrogen and oxygen atoms in total. The first-order valence-corrected chi connectivity index (χ1v) is 9.80. The summed E-state index contributed by atoms with van der Waals surface area (Å²) in [5, 5.41) is 12.5. The fourth-order valence-electron chi connectivity index (χ4n) is 3.97. The Labute approximate surface area is 170 Å². The minimum Gasteiger partial charge on any atom is -0.481 e. The van der Waals surface area contributed by atoms with Crippen molar-refractivity contribution in [2.24, 2.45) is 5.92 Å². The molecule has 3 rings (SSSR count). The molecule has 1 saturated carbocycles. The molecule has 2 N–H and O–H groups in total. The van der Waals surface area contributed by atoms with Crippen LogP contribution in [-0.4, -0.2) is 35.5 Å². The number of nitrogens with zero attached hydrogens (tertiary/aromatic N) is 1. The highest BCUT2D eigenvalue weighted by molar-refractivity contribution is 6.07. The van der Waals surface area contributed by atoms with Gasteiger partial charge in [0.1, 0.15) is 0 Å². The van der Waals surface area contributed by atoms with Crippen LogP contribution >= 0.6 is 0 Å². The van der Waals surface area contributed by atoms with E-state index < -0.39 is 17.4 Å². The van der Waals surface area contributed by atoms with E-state index in [0.717, 1.165) is 18.5 Å². The monoisotopic (exact) mass is 394 g/mol. The number of hydrogen-bond donors (Lipinski definition) is 2. The molecule has 2 aromatic carbocycles. The van der Waals surface area contributed by atoms with Crippen LogP contribution in [0.25, 0.3) is 0 Å². The molecule has 0 radical (unpaired) electrons. The number of anilines is 1. The van der Waals surface area contributed by atoms with Gasteiger partial charge in [-0.15, -0.1) is 0 Å². The van der Waals surface area contributed by atoms with Gasteiger partial charge in [-0.2, -0.15) is 0 Å². The van der Waals surface area contributed by atoms with Gasteiger partial charge in [-0.05, 0) is 50.1 Å². The lowest BCUT2D eigenvalue weighted by Gasteiger charge is -2.39. The van der Waals surface area contributed by atoms with Crippen molar-refractivity contribution in [2.45, 2.75) is 38.1 Å². The molecular weight excluding hydrogens is 368 g/mol. The number of carbonyl (C=O) groups is 3. The SMILES string of the molecule is CN(C(=O)c1cccc(C(=O)NC2(C)CCCCC2C(=O)O)c1)c1ccccc1. The average molecular weight is 394 g/mol. The predicted octanol–water partition coefficient (Wildman–Crippen LogP) is 3.73. The lowest BCUT2D eigenvalue weighted by Crippen LogP contribution is -2.55. The summed E-state index contributed by atoms with van der Waals surface area (Å²) in [7, 11) is 1.69. The molecular formula is C23H26N2O4. The molecule has 152 valence electrons. The molecule has 0 bridgehead atoms. The average Bonchev–Trinajstić information content (AvgIpc) is 2.73. The van der Waals surface area contributed by atoms with Crippen molar-refractivity contribution in [3.63, 3.8) is 0 Å². The lowest BCUT2D eigenvalue weighted by molar-refractivity contribution is -0.145. The number of hydrogen-bond acceptors (Lipinski definition) is 3. The standard InChI is InChI=1S/C23H26N2O4/c1-23(14-7-6-13-19(23)22(28)29)24-20(26)16-9-8-10-17(15-16)21(27)25(2)18-11-4-3-5-12-18/h3-5,8-12,15,19H,6-7,13-14H2,1-2H3,(H,24,26)(H,28,29). The molecule has 6 heteroatoms. The normalized spacial score (nSPS) is 21.2. The molecule has 29 heavy (non-hydrogen) atoms. The Kier molecular flexibility index (Phi) is 6.01. The Morgan fingerprint density at radius 1 is 1.03 bits per heavy atom. The van der Waals surface area contributed by atoms with Gasteiger partial charge in [-0.25, -0.2) is 0 Å². The number of nitrogens with one attached hydrogen (secondary N) is 1. The number of amides is 2. The fourth-order valence-corrected chi connectivity index (χ4v) is 3.97. The minimum atomic E-state index is -0.888. The second-order valence-electron chi connectivity index (χ2n) is 7.79. The molecule has 1 fully saturated rings. The van der Waals surface area contributed by atoms with Crippen LogP contribution in [0.2, 0.25) is 0 Å². The molecule has 2 unspecified atom stereocenters. The Morgan fingerprint density at radius 2 is 1.72 bits per heavy atom. The number of aliphatic carboxylic acids is 1. The number of rotatable bonds is 5. The predicted molar refractivity (Wildman–Crippen MR) is 111 cm³/mol. The van der Waals surface area contributed by atoms with Crippen LogP contribution in [0.1, 0.15) is 53.3 Å². The number of carboxylic acid groups (broad SMARTS) is 1. The lowest BCUT2D eigenvalue weighted by atomic mass is 9.73. The van der Waals surface area contributed by atoms with E-state index in [9.17, 15) is 19.5 Å². The fraction of sp³-hybridized carbons (Fsp3) is 0.348. The Hall–Kier alpha value is -3.15. The van der Waals surface area contributed by atoms with Gasteiger partial charge in [0.2, 0.25) is 0 Å². The second kappa shape index (κ2) is 8.47. The first-order valence-electron chi connectivity index (χ1n) is 9.80. The van der Waals surface area contributed by atoms with E-state index >= 15 is 0 Å². The highest BCUT2D eigenvalue weighted by Gasteiger charge is 2.42. The van der Waals surface area contributed by atoms with Crippen LogP contribution < -0.4 is 10.2 Å². The van der Waals surface area contributed by atoms with Crippen molar-refractivity contribution >= 4 is 23.5 Å². The van der Waals surface area contributed by atoms with Crippen LogP contribution in [0, 0.1) is 5.92 Å². The summed E-state index contributed by atoms with van der Waals surface area (Å²) in [4.78, 5) is 38.9. The third-order valence-electron chi connectivity index (χ3n) is 5.73. The van der Waals surface area contributed by atoms with Crippen molar-refractivity contribution in [1.29, 1.82) is 0 Å². The van der Waals surface area contributed by atoms with Gasteiger partial charge in [0, 0.05) is 23.9 Å². The molecule has 0 aliphatic heterocycles. The smallest absolute Gasteiger partial charge is 0.308 e. The van der Waals surface area contributed by atoms with Crippen LogP contribution in [0.5, 0.6) is 0 Å². The van der Waals surface area contributed by atoms with Gasteiger partial charge in [-0.1, -0.05) is 37.1 Å². The van der Waals surface area contributed by atoms with Gasteiger partial charge < -0.3 is 15.3 Å². The maximum atomic E-state index is 12.9. The van der Waals surface area contributed by atoms with E-state index in [1.807, 2.05) is 30.3 Å². The summed E-state index contributed by atoms with van der Waals surface area (Å²) in [6.07, 6.45) is 2.89. The van der Waals surface area contributed by atoms with Crippen molar-refractivity contribution in [2.75, 3.05) is 11.9 Å². The third-order valence-corrected chi connectivity index (χ3v) is 5.73. The van der Waals surface area contributed by atoms with Gasteiger partial charge in [-0.3, -0.25) is 14.4 Å². The quantitative estimate of drug-likeness (QED) is 0.809. The largest absolute Gasteiger partial charge is 0.481 e. The van der Waals surface area contributed by atoms with Crippen molar-refractivity contribution in [3.05, 3.63) is 65.7 Å². The van der Waals surface area contributed by atoms with E-state index in [0.29, 0.717) is 24.0 Å². The maximum absolute atomic E-state index is 12.9. The number of carboxylic acids is 1. The van der Waals surface area contributed by atoms with Crippen LogP contribution in [0.4, 0.5) is 5.69 Å². The van der Waals surface area contributed by atoms with Gasteiger partial charge in [0.25, 0.3) is 11.8 Å². The number of benzene rings is 2. The summed E-state index contributed by atoms with van der Waals surface area (Å²) >= 11 is 0. The minimum absolute atomic E-state index is 0.224. The Morgan fingerprint density at radius 3 is 2.41 bits per heavy atom. The van der Waals surface area contributed by atoms with E-state index in [-0.39, 0.29) is 11.8 Å². The number of para-hydroxylation sites is 1. The molecule has 0 spiro atoms. The molecule has 2 amide bonds. The van der Waals surface area contributed by atoms with Crippen LogP contribution in [0.3, 0.4) is 0 Å². The summed E-state index contributed by atoms with van der Waals surface area (Å²) in [5.74, 6) is -2.09. The van der Waals surface area contributed by atoms with Crippen LogP contribution in [0.15, 0.2) is 54.6 Å². The zero-order valence-electron chi connectivity index (χ0n) is 16.7. The molecule has 0 aromatic heterocycles. The Balaban J connectivity index is 1.79. The van der Waals surface area contributed by atoms with Crippen molar-refractivity contribution in [1.82, 2.24) is 5.32 Å². The summed E-state index contributed by atoms with van der Waals surface area (Å²) < 4.78 is 0. The van der Waals surface area contributed by atoms with Crippen LogP contribution in [-0.2, 0) is 4.79 Å². The molecule has 1 aliphatic rings. The number of carbonyl (C=O) groups excluding carboxylic acids is 2. The topological polar surface area (TPSA) is 86.7 Å². The highest BCUT2D eigenvalue weighted by atomic mass is 16.4. The van der Waals surface area contributed by atoms with E-state index in [1.54, 1.807) is 38.2 Å². The Bertz CT molecular complexity index is 912. The first kappa shape index (κ1) is 20.6. The molecule has 2 aromatic rings. The summed E-state index contributed by atoms with van der Waals surface area (Å²) in [6.45, 7) is 1.79. The molecule has 2 atom stereocenters. The third kappa shape index (κ3) is 4.47. The van der Waals surface area contributed by atoms with E-state index in [1.165, 1.54) is 4.90 Å². The molecule has 1 aliphatic carbocycles. The van der Waals surface area contributed by atoms with Crippen molar-refractivity contribution in [3.8, 4) is 0 Å². The van der Waals surface area contributed by atoms with Crippen molar-refractivity contribution < 1.29 is 19.5 Å². The van der Waals surface area contributed by atoms with Gasteiger partial charge in [0.05, 0.1) is 11.5 Å². The maximum Gasteiger partial charge on any atom is 0.308 e. The zero-order chi connectivity index (χ0) is 21.0. The summed E-state index contributed by atoms with van der Waals surface area (Å²) in [6, 6.07) is 15.8. The highest BCUT2D eigenvalue weighted by Crippen LogP contribution is 2.34. The van der Waals surface area contributed by atoms with E-state index in [4.69, 9.17) is 0 Å². The first-order chi connectivity index (χ1) is 13.8. The summed E-state index contributed by atoms with van der Waals surface area (Å²) in [5.41, 5.74) is 0.689. The van der Waals surface area contributed by atoms with Gasteiger partial charge in [0.15, 0.2) is 0 Å². The molecule has 0 heterocycles.